The lowest BCUT2D eigenvalue weighted by atomic mass is 10.1. The summed E-state index contributed by atoms with van der Waals surface area (Å²) in [7, 11) is 1.53. The first kappa shape index (κ1) is 29.4. The molecule has 2 aromatic carbocycles. The molecule has 0 aliphatic carbocycles. The van der Waals surface area contributed by atoms with Crippen molar-refractivity contribution in [3.05, 3.63) is 101 Å². The van der Waals surface area contributed by atoms with Crippen molar-refractivity contribution >= 4 is 5.96 Å². The van der Waals surface area contributed by atoms with Crippen LogP contribution in [0.1, 0.15) is 25.1 Å². The number of ether oxygens (including phenoxy) is 2. The number of guanidine groups is 1. The number of nitrogens with zero attached hydrogens (tertiary/aromatic N) is 4. The summed E-state index contributed by atoms with van der Waals surface area (Å²) in [6.07, 6.45) is 0.898. The van der Waals surface area contributed by atoms with Crippen molar-refractivity contribution in [2.45, 2.75) is 39.0 Å². The number of nitrogens with one attached hydrogen (secondary N) is 1. The van der Waals surface area contributed by atoms with E-state index in [0.717, 1.165) is 6.08 Å². The molecule has 0 saturated carbocycles. The Kier molecular flexibility index (Phi) is 9.49. The molecule has 3 aromatic rings. The molecule has 0 bridgehead atoms. The molecule has 1 aromatic heterocycles. The highest BCUT2D eigenvalue weighted by Crippen LogP contribution is 2.31. The number of rotatable bonds is 8. The number of allylic oxidation sites excluding steroid dienone is 2. The topological polar surface area (TPSA) is 81.0 Å². The molecule has 1 aliphatic rings. The van der Waals surface area contributed by atoms with Crippen LogP contribution in [0.5, 0.6) is 17.5 Å². The largest absolute Gasteiger partial charge is 0.493 e. The van der Waals surface area contributed by atoms with E-state index in [4.69, 9.17) is 14.5 Å². The monoisotopic (exact) mass is 567 g/mol. The van der Waals surface area contributed by atoms with E-state index >= 15 is 0 Å². The van der Waals surface area contributed by atoms with Gasteiger partial charge in [0, 0.05) is 25.1 Å². The standard InChI is InChI=1S/C30H32F3N5O3/c1-4-11-21(2)35-28(34-18-10-17-30(31,32)33)37-19-16-24-23(20-37)27(39)38(22-12-6-5-7-13-22)29(36-24)41-26-15-9-8-14-25(26)40-3/h4-15,17,21H,16,18-20H2,1-3H3,(H,34,35)/b11-4-,17-10+. The third-order valence-corrected chi connectivity index (χ3v) is 6.27. The van der Waals surface area contributed by atoms with Gasteiger partial charge >= 0.3 is 12.2 Å². The molecule has 0 fully saturated rings. The second kappa shape index (κ2) is 13.2. The van der Waals surface area contributed by atoms with Crippen molar-refractivity contribution in [3.63, 3.8) is 0 Å². The summed E-state index contributed by atoms with van der Waals surface area (Å²) in [6, 6.07) is 16.1. The lowest BCUT2D eigenvalue weighted by molar-refractivity contribution is -0.0799. The number of hydrogen-bond acceptors (Lipinski definition) is 5. The number of methoxy groups -OCH3 is 1. The maximum absolute atomic E-state index is 14.0. The maximum atomic E-state index is 14.0. The molecule has 0 amide bonds. The molecule has 2 heterocycles. The SMILES string of the molecule is C/C=C\C(C)NC(=NC/C=C/C(F)(F)F)N1CCc2nc(Oc3ccccc3OC)n(-c3ccccc3)c(=O)c2C1. The molecule has 0 radical (unpaired) electrons. The highest BCUT2D eigenvalue weighted by molar-refractivity contribution is 5.81. The Hall–Kier alpha value is -4.54. The van der Waals surface area contributed by atoms with Crippen molar-refractivity contribution in [2.24, 2.45) is 4.99 Å². The molecule has 11 heteroatoms. The van der Waals surface area contributed by atoms with Crippen LogP contribution in [0, 0.1) is 0 Å². The van der Waals surface area contributed by atoms with Gasteiger partial charge in [-0.15, -0.1) is 0 Å². The van der Waals surface area contributed by atoms with Gasteiger partial charge in [0.05, 0.1) is 37.1 Å². The van der Waals surface area contributed by atoms with E-state index < -0.39 is 6.18 Å². The first-order valence-electron chi connectivity index (χ1n) is 13.1. The van der Waals surface area contributed by atoms with Crippen LogP contribution in [0.4, 0.5) is 13.2 Å². The third-order valence-electron chi connectivity index (χ3n) is 6.27. The van der Waals surface area contributed by atoms with Crippen molar-refractivity contribution < 1.29 is 22.6 Å². The minimum Gasteiger partial charge on any atom is -0.493 e. The minimum absolute atomic E-state index is 0.101. The summed E-state index contributed by atoms with van der Waals surface area (Å²) in [5.41, 5.74) is 1.29. The van der Waals surface area contributed by atoms with E-state index in [1.807, 2.05) is 55.2 Å². The first-order valence-corrected chi connectivity index (χ1v) is 13.1. The Bertz CT molecular complexity index is 1480. The van der Waals surface area contributed by atoms with Crippen LogP contribution in [-0.4, -0.2) is 52.8 Å². The molecule has 8 nitrogen and oxygen atoms in total. The fraction of sp³-hybridized carbons (Fsp3) is 0.300. The summed E-state index contributed by atoms with van der Waals surface area (Å²) < 4.78 is 50.8. The fourth-order valence-corrected chi connectivity index (χ4v) is 4.41. The van der Waals surface area contributed by atoms with Gasteiger partial charge in [0.2, 0.25) is 0 Å². The van der Waals surface area contributed by atoms with Gasteiger partial charge in [0.15, 0.2) is 17.5 Å². The van der Waals surface area contributed by atoms with Crippen molar-refractivity contribution in [2.75, 3.05) is 20.2 Å². The molecule has 1 aliphatic heterocycles. The van der Waals surface area contributed by atoms with E-state index in [1.54, 1.807) is 30.3 Å². The van der Waals surface area contributed by atoms with Crippen LogP contribution >= 0.6 is 0 Å². The molecule has 1 N–H and O–H groups in total. The number of para-hydroxylation sites is 3. The molecule has 0 saturated heterocycles. The van der Waals surface area contributed by atoms with Gasteiger partial charge in [-0.05, 0) is 38.1 Å². The number of hydrogen-bond donors (Lipinski definition) is 1. The van der Waals surface area contributed by atoms with Crippen LogP contribution < -0.4 is 20.3 Å². The van der Waals surface area contributed by atoms with Gasteiger partial charge in [-0.3, -0.25) is 4.79 Å². The van der Waals surface area contributed by atoms with Gasteiger partial charge in [-0.2, -0.15) is 13.2 Å². The number of alkyl halides is 3. The zero-order chi connectivity index (χ0) is 29.4. The molecular formula is C30H32F3N5O3. The molecule has 216 valence electrons. The Morgan fingerprint density at radius 1 is 1.15 bits per heavy atom. The van der Waals surface area contributed by atoms with Crippen LogP contribution in [0.15, 0.2) is 88.7 Å². The van der Waals surface area contributed by atoms with Crippen molar-refractivity contribution in [3.8, 4) is 23.2 Å². The Balaban J connectivity index is 1.73. The molecule has 4 rings (SSSR count). The highest BCUT2D eigenvalue weighted by Gasteiger charge is 2.27. The van der Waals surface area contributed by atoms with E-state index in [0.29, 0.717) is 47.4 Å². The lowest BCUT2D eigenvalue weighted by Gasteiger charge is -2.32. The summed E-state index contributed by atoms with van der Waals surface area (Å²) in [4.78, 5) is 25.0. The van der Waals surface area contributed by atoms with Crippen molar-refractivity contribution in [1.29, 1.82) is 0 Å². The van der Waals surface area contributed by atoms with Gasteiger partial charge in [0.25, 0.3) is 5.56 Å². The van der Waals surface area contributed by atoms with Gasteiger partial charge in [-0.1, -0.05) is 48.6 Å². The minimum atomic E-state index is -4.41. The van der Waals surface area contributed by atoms with Crippen LogP contribution in [-0.2, 0) is 13.0 Å². The predicted molar refractivity (Wildman–Crippen MR) is 152 cm³/mol. The summed E-state index contributed by atoms with van der Waals surface area (Å²) >= 11 is 0. The number of aromatic nitrogens is 2. The molecule has 0 spiro atoms. The average molecular weight is 568 g/mol. The first-order chi connectivity index (χ1) is 19.7. The summed E-state index contributed by atoms with van der Waals surface area (Å²) in [6.45, 7) is 4.22. The zero-order valence-electron chi connectivity index (χ0n) is 23.1. The Morgan fingerprint density at radius 3 is 2.54 bits per heavy atom. The molecule has 1 unspecified atom stereocenters. The third kappa shape index (κ3) is 7.56. The van der Waals surface area contributed by atoms with E-state index in [2.05, 4.69) is 10.3 Å². The van der Waals surface area contributed by atoms with Gasteiger partial charge < -0.3 is 19.7 Å². The number of halogens is 3. The van der Waals surface area contributed by atoms with Gasteiger partial charge in [0.1, 0.15) is 0 Å². The number of benzene rings is 2. The summed E-state index contributed by atoms with van der Waals surface area (Å²) in [5.74, 6) is 1.30. The Morgan fingerprint density at radius 2 is 1.85 bits per heavy atom. The fourth-order valence-electron chi connectivity index (χ4n) is 4.41. The smallest absolute Gasteiger partial charge is 0.409 e. The van der Waals surface area contributed by atoms with Crippen LogP contribution in [0.2, 0.25) is 0 Å². The van der Waals surface area contributed by atoms with E-state index in [-0.39, 0.29) is 36.8 Å². The van der Waals surface area contributed by atoms with Gasteiger partial charge in [-0.25, -0.2) is 14.5 Å². The van der Waals surface area contributed by atoms with Crippen LogP contribution in [0.3, 0.4) is 0 Å². The van der Waals surface area contributed by atoms with E-state index in [1.165, 1.54) is 11.7 Å². The molecule has 1 atom stereocenters. The zero-order valence-corrected chi connectivity index (χ0v) is 23.1. The second-order valence-corrected chi connectivity index (χ2v) is 9.29. The summed E-state index contributed by atoms with van der Waals surface area (Å²) in [5, 5.41) is 3.24. The van der Waals surface area contributed by atoms with E-state index in [9.17, 15) is 18.0 Å². The molecule has 41 heavy (non-hydrogen) atoms. The molecular weight excluding hydrogens is 535 g/mol. The Labute approximate surface area is 236 Å². The quantitative estimate of drug-likeness (QED) is 0.223. The maximum Gasteiger partial charge on any atom is 0.409 e. The second-order valence-electron chi connectivity index (χ2n) is 9.29. The number of fused-ring (bicyclic) bond motifs is 1. The normalized spacial score (nSPS) is 14.8. The number of aliphatic imine (C=N–C) groups is 1. The highest BCUT2D eigenvalue weighted by atomic mass is 19.4. The lowest BCUT2D eigenvalue weighted by Crippen LogP contribution is -2.48. The average Bonchev–Trinajstić information content (AvgIpc) is 2.95. The van der Waals surface area contributed by atoms with Crippen molar-refractivity contribution in [1.82, 2.24) is 19.8 Å². The predicted octanol–water partition coefficient (Wildman–Crippen LogP) is 5.42. The van der Waals surface area contributed by atoms with Crippen LogP contribution in [0.25, 0.3) is 5.69 Å².